The normalized spacial score (nSPS) is 15.4. The number of likely N-dealkylation sites (N-methyl/N-ethyl adjacent to an activating group) is 2. The Kier molecular flexibility index (Phi) is 28.4. The maximum atomic E-state index is 5.99. The Morgan fingerprint density at radius 1 is 0.313 bits per heavy atom. The minimum atomic E-state index is 0.0896. The Balaban J connectivity index is 0.000000112. The summed E-state index contributed by atoms with van der Waals surface area (Å²) in [6.45, 7) is 15.9. The summed E-state index contributed by atoms with van der Waals surface area (Å²) < 4.78 is 41.1. The summed E-state index contributed by atoms with van der Waals surface area (Å²) in [7, 11) is 8.09. The summed E-state index contributed by atoms with van der Waals surface area (Å²) in [5.41, 5.74) is 14.5. The summed E-state index contributed by atoms with van der Waals surface area (Å²) in [6, 6.07) is 52.6. The second-order valence-electron chi connectivity index (χ2n) is 34.7. The number of aliphatic imine (C=N–C) groups is 5. The van der Waals surface area contributed by atoms with E-state index in [0.717, 1.165) is 220 Å². The van der Waals surface area contributed by atoms with E-state index in [1.807, 2.05) is 137 Å². The first-order valence-corrected chi connectivity index (χ1v) is 45.3. The second kappa shape index (κ2) is 42.4. The Morgan fingerprint density at radius 2 is 0.612 bits per heavy atom. The number of pyridine rings is 8. The molecule has 0 aliphatic carbocycles. The lowest BCUT2D eigenvalue weighted by Gasteiger charge is -2.22. The van der Waals surface area contributed by atoms with Crippen molar-refractivity contribution in [3.8, 4) is 29.4 Å². The van der Waals surface area contributed by atoms with E-state index in [-0.39, 0.29) is 17.6 Å². The largest absolute Gasteiger partial charge is 0.477 e. The quantitative estimate of drug-likeness (QED) is 0.0446. The van der Waals surface area contributed by atoms with E-state index in [2.05, 4.69) is 190 Å². The molecule has 0 spiro atoms. The lowest BCUT2D eigenvalue weighted by atomic mass is 9.99. The molecule has 15 aromatic rings. The fraction of sp³-hybridized carbons (Fsp3) is 0.291. The standard InChI is InChI=1S/C22H22N4O2.C21H21N5O2.C21H22N4O.C20H21N5O.C19H20N6O/c1-2-11-27-18(5-1)14-28-22-19-7-6-17(12-15(19)8-10-24-22)26-21-20-16(13-25-21)4-3-9-23-20;1-2-10-27-16(3-1)13-28-21-17-5-4-15(11-14(17)6-7-24-21)26-20-19-18(12-25-20)22-8-9-23-19;1-21(2,3)13-26-20-17-7-6-16(11-14(17)8-10-23-20)25-19-18-15(12-24-19)5-4-9-22-18;1-25(2)10-11-26-20-17-6-5-16(12-14(17)7-9-22-20)24-19-18-15(13-23-19)4-3-8-21-18;1-25(2)9-10-26-19-15-4-3-14(11-13(15)5-6-22-19)24-18-17-16(12-23-18)20-7-8-21-17/h3-4,6-10,12,18H,1-2,5,11,13-14H2,(H,25,26);4-9,11,16H,1-3,10,12-13H2,(H,25,26);4-11H,12-13H2,1-3H3,(H,24,25);3-9,12H,10-11,13H2,1-2H3,(H,23,24);3-8,11H,9-10,12H2,1-2H3,(H,23,24). The fourth-order valence-corrected chi connectivity index (χ4v) is 15.9. The van der Waals surface area contributed by atoms with Crippen LogP contribution >= 0.6 is 0 Å². The van der Waals surface area contributed by atoms with Gasteiger partial charge in [0, 0.05) is 173 Å². The van der Waals surface area contributed by atoms with Gasteiger partial charge in [-0.2, -0.15) is 0 Å². The third-order valence-electron chi connectivity index (χ3n) is 22.8. The number of hydrogen-bond donors (Lipinski definition) is 5. The molecule has 17 heterocycles. The van der Waals surface area contributed by atoms with Crippen LogP contribution < -0.4 is 50.3 Å². The molecule has 2 fully saturated rings. The zero-order valence-corrected chi connectivity index (χ0v) is 76.1. The van der Waals surface area contributed by atoms with Crippen LogP contribution in [0.2, 0.25) is 0 Å². The molecular formula is C103H106N24O7. The van der Waals surface area contributed by atoms with Crippen LogP contribution in [0.15, 0.2) is 257 Å². The first-order valence-electron chi connectivity index (χ1n) is 45.3. The molecule has 7 aliphatic rings. The number of nitrogens with one attached hydrogen (secondary N) is 5. The smallest absolute Gasteiger partial charge is 0.221 e. The van der Waals surface area contributed by atoms with E-state index in [1.54, 1.807) is 74.4 Å². The lowest BCUT2D eigenvalue weighted by Crippen LogP contribution is -2.26. The summed E-state index contributed by atoms with van der Waals surface area (Å²) in [6.07, 6.45) is 28.2. The van der Waals surface area contributed by atoms with Crippen molar-refractivity contribution in [2.24, 2.45) is 30.4 Å². The van der Waals surface area contributed by atoms with E-state index in [1.165, 1.54) is 12.8 Å². The van der Waals surface area contributed by atoms with Crippen molar-refractivity contribution in [2.45, 2.75) is 104 Å². The van der Waals surface area contributed by atoms with Gasteiger partial charge in [-0.3, -0.25) is 49.9 Å². The van der Waals surface area contributed by atoms with E-state index in [9.17, 15) is 0 Å². The van der Waals surface area contributed by atoms with Crippen LogP contribution in [0.3, 0.4) is 0 Å². The molecule has 2 atom stereocenters. The maximum absolute atomic E-state index is 5.99. The SMILES string of the molecule is CC(C)(C)COc1nccc2cc(NC3=NCc4cccnc43)ccc12.CN(C)CCOc1nccc2cc(NC3=NCc4cccnc43)ccc12.CN(C)CCOc1nccc2cc(NC3=NCc4nccnc43)ccc12.c1cnc2c(c1)CN=C2Nc1ccc2c(OCC3CCCCO3)nccc2c1.c1cnc2c(n1)CN=C2Nc1ccc2c(OCC3CCCCO3)nccc2c1. The van der Waals surface area contributed by atoms with Crippen molar-refractivity contribution in [3.63, 3.8) is 0 Å². The second-order valence-corrected chi connectivity index (χ2v) is 34.7. The Bertz CT molecular complexity index is 6550. The summed E-state index contributed by atoms with van der Waals surface area (Å²) in [5.74, 6) is 7.26. The monoisotopic (exact) mass is 1790 g/mol. The molecule has 0 amide bonds. The van der Waals surface area contributed by atoms with Gasteiger partial charge in [0.2, 0.25) is 29.4 Å². The molecule has 0 bridgehead atoms. The van der Waals surface area contributed by atoms with E-state index in [0.29, 0.717) is 95.2 Å². The van der Waals surface area contributed by atoms with Crippen molar-refractivity contribution in [2.75, 3.05) is 114 Å². The van der Waals surface area contributed by atoms with Gasteiger partial charge in [-0.15, -0.1) is 0 Å². The molecule has 31 heteroatoms. The first-order chi connectivity index (χ1) is 65.6. The number of aromatic nitrogens is 12. The van der Waals surface area contributed by atoms with Gasteiger partial charge in [0.05, 0.1) is 62.9 Å². The highest BCUT2D eigenvalue weighted by Gasteiger charge is 2.26. The van der Waals surface area contributed by atoms with Crippen molar-refractivity contribution in [3.05, 3.63) is 289 Å². The van der Waals surface area contributed by atoms with Crippen LogP contribution in [0.25, 0.3) is 53.9 Å². The molecule has 22 rings (SSSR count). The number of anilines is 5. The molecule has 31 nitrogen and oxygen atoms in total. The maximum Gasteiger partial charge on any atom is 0.221 e. The van der Waals surface area contributed by atoms with Gasteiger partial charge in [-0.05, 0) is 239 Å². The van der Waals surface area contributed by atoms with Gasteiger partial charge >= 0.3 is 0 Å². The third kappa shape index (κ3) is 22.6. The van der Waals surface area contributed by atoms with Crippen LogP contribution in [-0.4, -0.2) is 199 Å². The molecule has 134 heavy (non-hydrogen) atoms. The highest BCUT2D eigenvalue weighted by atomic mass is 16.5. The summed E-state index contributed by atoms with van der Waals surface area (Å²) >= 11 is 0. The molecule has 2 saturated heterocycles. The zero-order chi connectivity index (χ0) is 91.5. The van der Waals surface area contributed by atoms with Gasteiger partial charge in [0.25, 0.3) is 0 Å². The fourth-order valence-electron chi connectivity index (χ4n) is 15.9. The predicted octanol–water partition coefficient (Wildman–Crippen LogP) is 17.0. The van der Waals surface area contributed by atoms with Gasteiger partial charge in [-0.25, -0.2) is 34.9 Å². The van der Waals surface area contributed by atoms with Gasteiger partial charge in [0.1, 0.15) is 54.9 Å². The molecule has 5 N–H and O–H groups in total. The van der Waals surface area contributed by atoms with Crippen LogP contribution in [0, 0.1) is 5.41 Å². The summed E-state index contributed by atoms with van der Waals surface area (Å²) in [4.78, 5) is 79.5. The average molecular weight is 1790 g/mol. The number of rotatable bonds is 21. The molecule has 10 aromatic heterocycles. The Labute approximate surface area is 776 Å². The van der Waals surface area contributed by atoms with Gasteiger partial charge < -0.3 is 69.5 Å². The first kappa shape index (κ1) is 89.5. The number of nitrogens with zero attached hydrogens (tertiary/aromatic N) is 19. The van der Waals surface area contributed by atoms with Crippen LogP contribution in [0.1, 0.15) is 116 Å². The van der Waals surface area contributed by atoms with Gasteiger partial charge in [0.15, 0.2) is 29.2 Å². The predicted molar refractivity (Wildman–Crippen MR) is 526 cm³/mol. The Morgan fingerprint density at radius 3 is 0.925 bits per heavy atom. The molecule has 680 valence electrons. The number of ether oxygens (including phenoxy) is 7. The summed E-state index contributed by atoms with van der Waals surface area (Å²) in [5, 5.41) is 27.2. The van der Waals surface area contributed by atoms with Crippen LogP contribution in [-0.2, 0) is 42.2 Å². The molecule has 0 radical (unpaired) electrons. The average Bonchev–Trinajstić information content (AvgIpc) is 1.04. The molecule has 0 saturated carbocycles. The highest BCUT2D eigenvalue weighted by Crippen LogP contribution is 2.35. The van der Waals surface area contributed by atoms with E-state index >= 15 is 0 Å². The number of benzene rings is 5. The van der Waals surface area contributed by atoms with E-state index in [4.69, 9.17) is 33.2 Å². The molecular weight excluding hydrogens is 1690 g/mol. The van der Waals surface area contributed by atoms with Crippen molar-refractivity contribution in [1.82, 2.24) is 69.6 Å². The Hall–Kier alpha value is -15.1. The topological polar surface area (TPSA) is 348 Å². The molecule has 2 unspecified atom stereocenters. The van der Waals surface area contributed by atoms with Crippen molar-refractivity contribution in [1.29, 1.82) is 0 Å². The highest BCUT2D eigenvalue weighted by molar-refractivity contribution is 6.13. The third-order valence-corrected chi connectivity index (χ3v) is 22.8. The van der Waals surface area contributed by atoms with Crippen LogP contribution in [0.5, 0.6) is 29.4 Å². The van der Waals surface area contributed by atoms with Crippen molar-refractivity contribution >= 4 is 111 Å². The van der Waals surface area contributed by atoms with E-state index < -0.39 is 0 Å². The molecule has 5 aromatic carbocycles. The lowest BCUT2D eigenvalue weighted by molar-refractivity contribution is -0.0116. The zero-order valence-electron chi connectivity index (χ0n) is 76.1. The number of amidine groups is 5. The minimum absolute atomic E-state index is 0.0896. The number of hydrogen-bond acceptors (Lipinski definition) is 31. The molecule has 7 aliphatic heterocycles. The minimum Gasteiger partial charge on any atom is -0.477 e. The van der Waals surface area contributed by atoms with Crippen LogP contribution in [0.4, 0.5) is 28.4 Å². The van der Waals surface area contributed by atoms with Crippen molar-refractivity contribution < 1.29 is 33.2 Å². The van der Waals surface area contributed by atoms with Gasteiger partial charge in [-0.1, -0.05) is 39.0 Å². The number of fused-ring (bicyclic) bond motifs is 10.